The first kappa shape index (κ1) is 8.66. The molecule has 0 nitrogen and oxygen atoms in total. The minimum Gasteiger partial charge on any atom is -0.345 e. The van der Waals surface area contributed by atoms with Gasteiger partial charge in [-0.3, -0.25) is 0 Å². The Morgan fingerprint density at radius 2 is 2.20 bits per heavy atom. The first-order valence-electron chi connectivity index (χ1n) is 3.13. The number of rotatable bonds is 2. The fraction of sp³-hybridized carbons (Fsp3) is 0.143. The Balaban J connectivity index is 2.75. The lowest BCUT2D eigenvalue weighted by atomic mass is 10.2. The minimum atomic E-state index is -0.387. The van der Waals surface area contributed by atoms with E-state index >= 15 is 0 Å². The lowest BCUT2D eigenvalue weighted by Gasteiger charge is -1.95. The fourth-order valence-electron chi connectivity index (χ4n) is 0.802. The van der Waals surface area contributed by atoms with Crippen molar-refractivity contribution in [3.8, 4) is 0 Å². The normalized spacial score (nSPS) is 9.00. The second-order valence-corrected chi connectivity index (χ2v) is 4.52. The molecule has 1 rings (SSSR count). The SMILES string of the molecule is [Cl][Mg][CH2]c1cccc(Cl)c1. The summed E-state index contributed by atoms with van der Waals surface area (Å²) in [4.78, 5) is 0. The van der Waals surface area contributed by atoms with Crippen LogP contribution in [0.4, 0.5) is 0 Å². The van der Waals surface area contributed by atoms with E-state index in [-0.39, 0.29) is 19.3 Å². The summed E-state index contributed by atoms with van der Waals surface area (Å²) in [5.74, 6) is 0. The van der Waals surface area contributed by atoms with Crippen molar-refractivity contribution < 1.29 is 0 Å². The van der Waals surface area contributed by atoms with Gasteiger partial charge in [-0.2, -0.15) is 0 Å². The summed E-state index contributed by atoms with van der Waals surface area (Å²) in [7, 11) is 5.68. The van der Waals surface area contributed by atoms with E-state index < -0.39 is 0 Å². The van der Waals surface area contributed by atoms with Crippen LogP contribution in [0.1, 0.15) is 5.56 Å². The van der Waals surface area contributed by atoms with E-state index in [9.17, 15) is 0 Å². The van der Waals surface area contributed by atoms with Crippen LogP contribution in [0.2, 0.25) is 5.02 Å². The van der Waals surface area contributed by atoms with Crippen LogP contribution in [0.25, 0.3) is 0 Å². The highest BCUT2D eigenvalue weighted by molar-refractivity contribution is 6.93. The van der Waals surface area contributed by atoms with Crippen molar-refractivity contribution in [2.45, 2.75) is 4.55 Å². The molecule has 0 heterocycles. The summed E-state index contributed by atoms with van der Waals surface area (Å²) >= 11 is 5.37. The third-order valence-electron chi connectivity index (χ3n) is 1.27. The van der Waals surface area contributed by atoms with E-state index in [1.165, 1.54) is 5.56 Å². The smallest absolute Gasteiger partial charge is 0.345 e. The summed E-state index contributed by atoms with van der Waals surface area (Å²) in [5, 5.41) is 0.802. The van der Waals surface area contributed by atoms with Crippen LogP contribution in [0.3, 0.4) is 0 Å². The highest BCUT2D eigenvalue weighted by Crippen LogP contribution is 2.10. The maximum atomic E-state index is 5.75. The van der Waals surface area contributed by atoms with Crippen molar-refractivity contribution in [1.29, 1.82) is 0 Å². The first-order valence-corrected chi connectivity index (χ1v) is 6.65. The quantitative estimate of drug-likeness (QED) is 0.621. The maximum absolute atomic E-state index is 5.75. The Morgan fingerprint density at radius 3 is 2.80 bits per heavy atom. The largest absolute Gasteiger partial charge is 0.505 e. The lowest BCUT2D eigenvalue weighted by molar-refractivity contribution is 1.40. The molecule has 0 saturated carbocycles. The molecule has 10 heavy (non-hydrogen) atoms. The van der Waals surface area contributed by atoms with Crippen LogP contribution in [-0.2, 0) is 4.55 Å². The van der Waals surface area contributed by atoms with Gasteiger partial charge >= 0.3 is 19.3 Å². The second-order valence-electron chi connectivity index (χ2n) is 2.07. The monoisotopic (exact) mass is 184 g/mol. The third kappa shape index (κ3) is 2.66. The highest BCUT2D eigenvalue weighted by Gasteiger charge is 1.94. The molecule has 1 aromatic carbocycles. The predicted octanol–water partition coefficient (Wildman–Crippen LogP) is 2.70. The van der Waals surface area contributed by atoms with Gasteiger partial charge in [-0.05, 0) is 12.1 Å². The molecule has 0 N–H and O–H groups in total. The average Bonchev–Trinajstić information content (AvgIpc) is 1.88. The molecule has 0 fully saturated rings. The molecular formula is C7H6Cl2Mg. The molecule has 0 bridgehead atoms. The van der Waals surface area contributed by atoms with E-state index in [1.54, 1.807) is 0 Å². The Labute approximate surface area is 79.0 Å². The Kier molecular flexibility index (Phi) is 3.85. The topological polar surface area (TPSA) is 0 Å². The van der Waals surface area contributed by atoms with Crippen molar-refractivity contribution in [3.05, 3.63) is 34.9 Å². The molecule has 50 valence electrons. The number of halogens is 2. The average molecular weight is 185 g/mol. The lowest BCUT2D eigenvalue weighted by Crippen LogP contribution is -1.87. The summed E-state index contributed by atoms with van der Waals surface area (Å²) in [6, 6.07) is 7.86. The molecule has 0 radical (unpaired) electrons. The summed E-state index contributed by atoms with van der Waals surface area (Å²) < 4.78 is 1.03. The van der Waals surface area contributed by atoms with E-state index in [4.69, 9.17) is 20.7 Å². The van der Waals surface area contributed by atoms with Gasteiger partial charge in [0, 0.05) is 5.02 Å². The van der Waals surface area contributed by atoms with Crippen LogP contribution < -0.4 is 0 Å². The molecule has 0 aromatic heterocycles. The third-order valence-corrected chi connectivity index (χ3v) is 2.84. The highest BCUT2D eigenvalue weighted by atomic mass is 35.5. The van der Waals surface area contributed by atoms with Gasteiger partial charge in [-0.25, -0.2) is 0 Å². The van der Waals surface area contributed by atoms with Crippen LogP contribution >= 0.6 is 20.7 Å². The predicted molar refractivity (Wildman–Crippen MR) is 46.8 cm³/mol. The molecule has 0 aliphatic rings. The molecule has 0 aliphatic heterocycles. The fourth-order valence-corrected chi connectivity index (χ4v) is 2.20. The van der Waals surface area contributed by atoms with E-state index in [0.717, 1.165) is 9.57 Å². The molecule has 0 amide bonds. The summed E-state index contributed by atoms with van der Waals surface area (Å²) in [6.45, 7) is 0. The van der Waals surface area contributed by atoms with E-state index in [0.29, 0.717) is 0 Å². The van der Waals surface area contributed by atoms with Crippen LogP contribution in [0, 0.1) is 0 Å². The Hall–Kier alpha value is 0.566. The molecule has 0 aliphatic carbocycles. The van der Waals surface area contributed by atoms with Gasteiger partial charge in [0.25, 0.3) is 0 Å². The van der Waals surface area contributed by atoms with Gasteiger partial charge in [-0.1, -0.05) is 33.8 Å². The molecule has 0 atom stereocenters. The number of benzene rings is 1. The molecule has 3 heteroatoms. The van der Waals surface area contributed by atoms with Crippen LogP contribution in [0.15, 0.2) is 24.3 Å². The van der Waals surface area contributed by atoms with Crippen molar-refractivity contribution >= 4 is 39.9 Å². The summed E-state index contributed by atoms with van der Waals surface area (Å²) in [6.07, 6.45) is 0. The van der Waals surface area contributed by atoms with Gasteiger partial charge in [0.05, 0.1) is 0 Å². The molecular weight excluding hydrogens is 179 g/mol. The minimum absolute atomic E-state index is 0.387. The van der Waals surface area contributed by atoms with Crippen molar-refractivity contribution in [2.75, 3.05) is 0 Å². The Bertz CT molecular complexity index is 213. The summed E-state index contributed by atoms with van der Waals surface area (Å²) in [5.41, 5.74) is 1.26. The first-order chi connectivity index (χ1) is 4.83. The zero-order valence-electron chi connectivity index (χ0n) is 5.48. The standard InChI is InChI=1S/C7H6Cl.ClH.Mg/c1-6-3-2-4-7(8)5-6;;/h2-5H,1H2;1H;/q;;+1/p-1. The van der Waals surface area contributed by atoms with Crippen molar-refractivity contribution in [1.82, 2.24) is 0 Å². The zero-order valence-corrected chi connectivity index (χ0v) is 8.41. The van der Waals surface area contributed by atoms with Gasteiger partial charge in [0.15, 0.2) is 0 Å². The Morgan fingerprint density at radius 1 is 1.40 bits per heavy atom. The maximum Gasteiger partial charge on any atom is 0.505 e. The van der Waals surface area contributed by atoms with Crippen LogP contribution in [-0.4, -0.2) is 19.3 Å². The number of hydrogen-bond donors (Lipinski definition) is 0. The van der Waals surface area contributed by atoms with E-state index in [1.807, 2.05) is 18.2 Å². The zero-order chi connectivity index (χ0) is 7.40. The van der Waals surface area contributed by atoms with Crippen LogP contribution in [0.5, 0.6) is 0 Å². The second kappa shape index (κ2) is 4.45. The van der Waals surface area contributed by atoms with Gasteiger partial charge in [0.2, 0.25) is 0 Å². The molecule has 0 spiro atoms. The van der Waals surface area contributed by atoms with E-state index in [2.05, 4.69) is 6.07 Å². The van der Waals surface area contributed by atoms with Gasteiger partial charge < -0.3 is 9.07 Å². The molecule has 1 aromatic rings. The van der Waals surface area contributed by atoms with Crippen molar-refractivity contribution in [3.63, 3.8) is 0 Å². The van der Waals surface area contributed by atoms with Gasteiger partial charge in [-0.15, -0.1) is 0 Å². The van der Waals surface area contributed by atoms with Gasteiger partial charge in [0.1, 0.15) is 0 Å². The molecule has 0 saturated heterocycles. The van der Waals surface area contributed by atoms with Crippen molar-refractivity contribution in [2.24, 2.45) is 0 Å². The molecule has 0 unspecified atom stereocenters. The number of hydrogen-bond acceptors (Lipinski definition) is 0.